The van der Waals surface area contributed by atoms with Gasteiger partial charge in [0.05, 0.1) is 19.7 Å². The molecule has 2 rings (SSSR count). The summed E-state index contributed by atoms with van der Waals surface area (Å²) in [5, 5.41) is 11.1. The van der Waals surface area contributed by atoms with Crippen LogP contribution in [0.5, 0.6) is 0 Å². The van der Waals surface area contributed by atoms with Gasteiger partial charge < -0.3 is 9.84 Å². The van der Waals surface area contributed by atoms with Gasteiger partial charge in [-0.15, -0.1) is 0 Å². The Labute approximate surface area is 153 Å². The lowest BCUT2D eigenvalue weighted by molar-refractivity contribution is -0.153. The molecule has 0 heterocycles. The molecule has 1 aromatic rings. The van der Waals surface area contributed by atoms with Crippen LogP contribution < -0.4 is 0 Å². The summed E-state index contributed by atoms with van der Waals surface area (Å²) in [6.45, 7) is 10.9. The van der Waals surface area contributed by atoms with Crippen LogP contribution in [0.4, 0.5) is 0 Å². The first-order valence-electron chi connectivity index (χ1n) is 9.58. The quantitative estimate of drug-likeness (QED) is 0.557. The standard InChI is InChI=1S/C21H34O3Si/c1-21(2,3)25(4,5)19(18(22)16-12-8-6-9-13-16)20(23)24-17-14-10-7-11-15-17/h6,8-9,12-13,17-19,22H,7,10-11,14-15H2,1-5H3. The van der Waals surface area contributed by atoms with E-state index in [1.54, 1.807) is 0 Å². The zero-order valence-corrected chi connectivity index (χ0v) is 17.4. The third-order valence-electron chi connectivity index (χ3n) is 6.26. The second kappa shape index (κ2) is 8.04. The number of ether oxygens (including phenoxy) is 1. The zero-order valence-electron chi connectivity index (χ0n) is 16.4. The largest absolute Gasteiger partial charge is 0.462 e. The van der Waals surface area contributed by atoms with E-state index in [0.717, 1.165) is 31.2 Å². The van der Waals surface area contributed by atoms with Gasteiger partial charge in [0.1, 0.15) is 6.10 Å². The van der Waals surface area contributed by atoms with Crippen LogP contribution in [-0.2, 0) is 9.53 Å². The van der Waals surface area contributed by atoms with Gasteiger partial charge in [-0.1, -0.05) is 70.6 Å². The predicted molar refractivity (Wildman–Crippen MR) is 105 cm³/mol. The number of aliphatic hydroxyl groups excluding tert-OH is 1. The van der Waals surface area contributed by atoms with Crippen LogP contribution in [0, 0.1) is 0 Å². The van der Waals surface area contributed by atoms with Crippen molar-refractivity contribution in [3.8, 4) is 0 Å². The normalized spacial score (nSPS) is 19.3. The number of hydrogen-bond donors (Lipinski definition) is 1. The molecule has 1 aromatic carbocycles. The second-order valence-electron chi connectivity index (χ2n) is 9.00. The molecule has 1 fully saturated rings. The molecule has 0 amide bonds. The monoisotopic (exact) mass is 362 g/mol. The molecule has 0 radical (unpaired) electrons. The fraction of sp³-hybridized carbons (Fsp3) is 0.667. The summed E-state index contributed by atoms with van der Waals surface area (Å²) in [5.41, 5.74) is 0.342. The predicted octanol–water partition coefficient (Wildman–Crippen LogP) is 5.47. The first-order chi connectivity index (χ1) is 11.6. The van der Waals surface area contributed by atoms with Gasteiger partial charge in [-0.05, 0) is 36.3 Å². The van der Waals surface area contributed by atoms with Crippen molar-refractivity contribution in [2.75, 3.05) is 0 Å². The summed E-state index contributed by atoms with van der Waals surface area (Å²) < 4.78 is 5.91. The van der Waals surface area contributed by atoms with Crippen LogP contribution in [0.3, 0.4) is 0 Å². The van der Waals surface area contributed by atoms with E-state index < -0.39 is 19.7 Å². The number of hydrogen-bond acceptors (Lipinski definition) is 3. The summed E-state index contributed by atoms with van der Waals surface area (Å²) in [7, 11) is -2.15. The van der Waals surface area contributed by atoms with Crippen molar-refractivity contribution in [3.63, 3.8) is 0 Å². The highest BCUT2D eigenvalue weighted by atomic mass is 28.3. The van der Waals surface area contributed by atoms with Crippen molar-refractivity contribution in [1.82, 2.24) is 0 Å². The van der Waals surface area contributed by atoms with Gasteiger partial charge >= 0.3 is 5.97 Å². The molecule has 2 atom stereocenters. The van der Waals surface area contributed by atoms with Crippen molar-refractivity contribution >= 4 is 14.0 Å². The molecule has 0 spiro atoms. The van der Waals surface area contributed by atoms with Crippen LogP contribution in [0.15, 0.2) is 30.3 Å². The van der Waals surface area contributed by atoms with Crippen LogP contribution in [-0.4, -0.2) is 25.3 Å². The van der Waals surface area contributed by atoms with E-state index in [1.165, 1.54) is 6.42 Å². The molecule has 1 aliphatic rings. The Kier molecular flexibility index (Phi) is 6.49. The molecule has 1 N–H and O–H groups in total. The van der Waals surface area contributed by atoms with E-state index >= 15 is 0 Å². The van der Waals surface area contributed by atoms with Gasteiger partial charge in [0.2, 0.25) is 0 Å². The molecule has 0 bridgehead atoms. The highest BCUT2D eigenvalue weighted by Crippen LogP contribution is 2.49. The number of aliphatic hydroxyl groups is 1. The number of carbonyl (C=O) groups excluding carboxylic acids is 1. The molecule has 1 aliphatic carbocycles. The van der Waals surface area contributed by atoms with E-state index in [9.17, 15) is 9.90 Å². The fourth-order valence-electron chi connectivity index (χ4n) is 3.55. The zero-order chi connectivity index (χ0) is 18.7. The molecule has 4 heteroatoms. The van der Waals surface area contributed by atoms with Crippen LogP contribution in [0.2, 0.25) is 23.7 Å². The summed E-state index contributed by atoms with van der Waals surface area (Å²) in [6, 6.07) is 9.55. The minimum Gasteiger partial charge on any atom is -0.462 e. The number of benzene rings is 1. The average Bonchev–Trinajstić information content (AvgIpc) is 2.55. The Morgan fingerprint density at radius 3 is 2.20 bits per heavy atom. The number of rotatable bonds is 5. The minimum atomic E-state index is -2.15. The molecule has 2 unspecified atom stereocenters. The molecule has 0 saturated heterocycles. The van der Waals surface area contributed by atoms with Crippen LogP contribution in [0.1, 0.15) is 64.5 Å². The van der Waals surface area contributed by atoms with E-state index in [1.807, 2.05) is 30.3 Å². The molecule has 1 saturated carbocycles. The van der Waals surface area contributed by atoms with Gasteiger partial charge in [0.25, 0.3) is 0 Å². The molecular weight excluding hydrogens is 328 g/mol. The van der Waals surface area contributed by atoms with Crippen molar-refractivity contribution in [2.24, 2.45) is 0 Å². The van der Waals surface area contributed by atoms with Crippen molar-refractivity contribution in [2.45, 2.75) is 88.8 Å². The second-order valence-corrected chi connectivity index (χ2v) is 14.6. The lowest BCUT2D eigenvalue weighted by Gasteiger charge is -2.44. The lowest BCUT2D eigenvalue weighted by Crippen LogP contribution is -2.48. The molecule has 25 heavy (non-hydrogen) atoms. The fourth-order valence-corrected chi connectivity index (χ4v) is 6.12. The van der Waals surface area contributed by atoms with Gasteiger partial charge in [-0.2, -0.15) is 0 Å². The highest BCUT2D eigenvalue weighted by Gasteiger charge is 2.50. The van der Waals surface area contributed by atoms with Gasteiger partial charge in [0, 0.05) is 0 Å². The van der Waals surface area contributed by atoms with Crippen LogP contribution >= 0.6 is 0 Å². The minimum absolute atomic E-state index is 0.0149. The van der Waals surface area contributed by atoms with Gasteiger partial charge in [-0.3, -0.25) is 4.79 Å². The molecule has 0 aromatic heterocycles. The van der Waals surface area contributed by atoms with E-state index in [0.29, 0.717) is 0 Å². The van der Waals surface area contributed by atoms with E-state index in [2.05, 4.69) is 33.9 Å². The average molecular weight is 363 g/mol. The van der Waals surface area contributed by atoms with Crippen molar-refractivity contribution in [3.05, 3.63) is 35.9 Å². The Morgan fingerprint density at radius 2 is 1.68 bits per heavy atom. The van der Waals surface area contributed by atoms with Crippen LogP contribution in [0.25, 0.3) is 0 Å². The highest BCUT2D eigenvalue weighted by molar-refractivity contribution is 6.84. The van der Waals surface area contributed by atoms with Crippen molar-refractivity contribution < 1.29 is 14.6 Å². The van der Waals surface area contributed by atoms with Crippen molar-refractivity contribution in [1.29, 1.82) is 0 Å². The topological polar surface area (TPSA) is 46.5 Å². The first kappa shape index (κ1) is 20.2. The number of carbonyl (C=O) groups is 1. The molecule has 0 aliphatic heterocycles. The van der Waals surface area contributed by atoms with E-state index in [-0.39, 0.29) is 17.1 Å². The maximum absolute atomic E-state index is 13.2. The Bertz CT molecular complexity index is 556. The third-order valence-corrected chi connectivity index (χ3v) is 12.2. The molecule has 3 nitrogen and oxygen atoms in total. The third kappa shape index (κ3) is 4.73. The lowest BCUT2D eigenvalue weighted by atomic mass is 9.98. The van der Waals surface area contributed by atoms with Gasteiger partial charge in [0.15, 0.2) is 0 Å². The Hall–Kier alpha value is -1.13. The van der Waals surface area contributed by atoms with E-state index in [4.69, 9.17) is 4.74 Å². The number of esters is 1. The smallest absolute Gasteiger partial charge is 0.309 e. The van der Waals surface area contributed by atoms with Gasteiger partial charge in [-0.25, -0.2) is 0 Å². The summed E-state index contributed by atoms with van der Waals surface area (Å²) in [4.78, 5) is 13.2. The Balaban J connectivity index is 2.29. The summed E-state index contributed by atoms with van der Waals surface area (Å²) >= 11 is 0. The maximum Gasteiger partial charge on any atom is 0.309 e. The molecule has 140 valence electrons. The summed E-state index contributed by atoms with van der Waals surface area (Å²) in [6.07, 6.45) is 4.62. The maximum atomic E-state index is 13.2. The molecular formula is C21H34O3Si. The summed E-state index contributed by atoms with van der Waals surface area (Å²) in [5.74, 6) is -0.199. The first-order valence-corrected chi connectivity index (χ1v) is 12.7. The Morgan fingerprint density at radius 1 is 1.12 bits per heavy atom. The SMILES string of the molecule is CC(C)(C)[Si](C)(C)C(C(=O)OC1CCCCC1)C(O)c1ccccc1.